The molecule has 1 aliphatic heterocycles. The van der Waals surface area contributed by atoms with Crippen LogP contribution in [0.4, 0.5) is 8.78 Å². The van der Waals surface area contributed by atoms with Crippen molar-refractivity contribution < 1.29 is 26.7 Å². The van der Waals surface area contributed by atoms with Gasteiger partial charge in [-0.25, -0.2) is 21.9 Å². The molecule has 0 aliphatic carbocycles. The Morgan fingerprint density at radius 2 is 2.11 bits per heavy atom. The molecule has 0 spiro atoms. The molecule has 3 rings (SSSR count). The van der Waals surface area contributed by atoms with E-state index in [0.29, 0.717) is 31.1 Å². The van der Waals surface area contributed by atoms with Crippen LogP contribution in [0.1, 0.15) is 13.3 Å². The van der Waals surface area contributed by atoms with Crippen LogP contribution in [0.3, 0.4) is 0 Å². The van der Waals surface area contributed by atoms with Crippen molar-refractivity contribution in [2.75, 3.05) is 25.6 Å². The monoisotopic (exact) mass is 412 g/mol. The molecule has 2 aromatic rings. The summed E-state index contributed by atoms with van der Waals surface area (Å²) in [6, 6.07) is 6.67. The summed E-state index contributed by atoms with van der Waals surface area (Å²) in [6.07, 6.45) is 1.58. The van der Waals surface area contributed by atoms with Crippen molar-refractivity contribution >= 4 is 10.0 Å². The Hall–Kier alpha value is -2.10. The highest BCUT2D eigenvalue weighted by atomic mass is 32.2. The van der Waals surface area contributed by atoms with Crippen molar-refractivity contribution in [3.05, 3.63) is 48.2 Å². The summed E-state index contributed by atoms with van der Waals surface area (Å²) >= 11 is 0. The fraction of sp³-hybridized carbons (Fsp3) is 0.421. The molecule has 1 aliphatic rings. The molecule has 0 bridgehead atoms. The van der Waals surface area contributed by atoms with Crippen LogP contribution in [0.15, 0.2) is 36.5 Å². The maximum Gasteiger partial charge on any atom is 0.211 e. The van der Waals surface area contributed by atoms with Gasteiger partial charge in [0.25, 0.3) is 0 Å². The van der Waals surface area contributed by atoms with E-state index < -0.39 is 21.7 Å². The van der Waals surface area contributed by atoms with Crippen LogP contribution < -0.4 is 9.46 Å². The van der Waals surface area contributed by atoms with E-state index in [1.807, 2.05) is 0 Å². The molecule has 9 heteroatoms. The summed E-state index contributed by atoms with van der Waals surface area (Å²) in [5, 5.41) is 0. The summed E-state index contributed by atoms with van der Waals surface area (Å²) in [5.41, 5.74) is 0.557. The molecule has 1 N–H and O–H groups in total. The predicted molar refractivity (Wildman–Crippen MR) is 100 cm³/mol. The smallest absolute Gasteiger partial charge is 0.211 e. The largest absolute Gasteiger partial charge is 0.493 e. The molecule has 0 amide bonds. The van der Waals surface area contributed by atoms with Crippen LogP contribution in [0, 0.1) is 17.6 Å². The second-order valence-corrected chi connectivity index (χ2v) is 8.61. The number of rotatable bonds is 7. The SMILES string of the molecule is CCS(=O)(=O)NC1CCOCC1COc1ccc(-c2ccc(F)cn2)c(F)c1. The lowest BCUT2D eigenvalue weighted by Gasteiger charge is -2.31. The predicted octanol–water partition coefficient (Wildman–Crippen LogP) is 2.75. The van der Waals surface area contributed by atoms with Gasteiger partial charge in [0.2, 0.25) is 10.0 Å². The topological polar surface area (TPSA) is 77.5 Å². The third-order valence-electron chi connectivity index (χ3n) is 4.59. The van der Waals surface area contributed by atoms with Gasteiger partial charge in [-0.3, -0.25) is 4.98 Å². The summed E-state index contributed by atoms with van der Waals surface area (Å²) in [5.74, 6) is -0.906. The van der Waals surface area contributed by atoms with E-state index in [9.17, 15) is 17.2 Å². The summed E-state index contributed by atoms with van der Waals surface area (Å²) in [6.45, 7) is 2.59. The Bertz CT molecular complexity index is 907. The first-order valence-electron chi connectivity index (χ1n) is 9.00. The third-order valence-corrected chi connectivity index (χ3v) is 6.02. The van der Waals surface area contributed by atoms with Gasteiger partial charge in [0.05, 0.1) is 30.9 Å². The highest BCUT2D eigenvalue weighted by Crippen LogP contribution is 2.26. The number of hydrogen-bond donors (Lipinski definition) is 1. The molecule has 6 nitrogen and oxygen atoms in total. The average molecular weight is 412 g/mol. The Kier molecular flexibility index (Phi) is 6.58. The van der Waals surface area contributed by atoms with Crippen LogP contribution in [0.2, 0.25) is 0 Å². The van der Waals surface area contributed by atoms with Gasteiger partial charge in [-0.2, -0.15) is 0 Å². The average Bonchev–Trinajstić information content (AvgIpc) is 2.68. The molecule has 28 heavy (non-hydrogen) atoms. The van der Waals surface area contributed by atoms with E-state index in [1.165, 1.54) is 24.3 Å². The minimum Gasteiger partial charge on any atom is -0.493 e. The van der Waals surface area contributed by atoms with Gasteiger partial charge in [-0.15, -0.1) is 0 Å². The lowest BCUT2D eigenvalue weighted by atomic mass is 9.98. The number of ether oxygens (including phenoxy) is 2. The van der Waals surface area contributed by atoms with Crippen molar-refractivity contribution in [1.29, 1.82) is 0 Å². The third kappa shape index (κ3) is 5.24. The fourth-order valence-electron chi connectivity index (χ4n) is 2.96. The Morgan fingerprint density at radius 3 is 2.79 bits per heavy atom. The molecule has 1 saturated heterocycles. The second-order valence-electron chi connectivity index (χ2n) is 6.57. The number of pyridine rings is 1. The zero-order valence-electron chi connectivity index (χ0n) is 15.4. The Labute approximate surface area is 162 Å². The highest BCUT2D eigenvalue weighted by molar-refractivity contribution is 7.89. The van der Waals surface area contributed by atoms with Crippen LogP contribution in [-0.4, -0.2) is 45.0 Å². The van der Waals surface area contributed by atoms with Gasteiger partial charge in [-0.05, 0) is 37.6 Å². The number of benzene rings is 1. The first-order valence-corrected chi connectivity index (χ1v) is 10.6. The molecule has 0 radical (unpaired) electrons. The van der Waals surface area contributed by atoms with E-state index in [-0.39, 0.29) is 29.9 Å². The number of nitrogens with one attached hydrogen (secondary N) is 1. The van der Waals surface area contributed by atoms with Crippen molar-refractivity contribution in [2.45, 2.75) is 19.4 Å². The first kappa shape index (κ1) is 20.6. The van der Waals surface area contributed by atoms with Crippen molar-refractivity contribution in [3.63, 3.8) is 0 Å². The van der Waals surface area contributed by atoms with Crippen molar-refractivity contribution in [3.8, 4) is 17.0 Å². The fourth-order valence-corrected chi connectivity index (χ4v) is 3.90. The van der Waals surface area contributed by atoms with E-state index in [4.69, 9.17) is 9.47 Å². The zero-order valence-corrected chi connectivity index (χ0v) is 16.2. The van der Waals surface area contributed by atoms with Gasteiger partial charge in [0.1, 0.15) is 17.4 Å². The molecular weight excluding hydrogens is 390 g/mol. The summed E-state index contributed by atoms with van der Waals surface area (Å²) in [7, 11) is -3.34. The minimum absolute atomic E-state index is 0.00201. The van der Waals surface area contributed by atoms with Crippen LogP contribution in [-0.2, 0) is 14.8 Å². The Morgan fingerprint density at radius 1 is 1.29 bits per heavy atom. The number of halogens is 2. The van der Waals surface area contributed by atoms with Crippen LogP contribution in [0.25, 0.3) is 11.3 Å². The first-order chi connectivity index (χ1) is 13.4. The molecule has 2 heterocycles. The lowest BCUT2D eigenvalue weighted by Crippen LogP contribution is -2.47. The van der Waals surface area contributed by atoms with Gasteiger partial charge in [0, 0.05) is 30.2 Å². The quantitative estimate of drug-likeness (QED) is 0.757. The molecule has 2 unspecified atom stereocenters. The van der Waals surface area contributed by atoms with E-state index in [0.717, 1.165) is 6.20 Å². The van der Waals surface area contributed by atoms with Gasteiger partial charge in [0.15, 0.2) is 0 Å². The summed E-state index contributed by atoms with van der Waals surface area (Å²) in [4.78, 5) is 3.87. The Balaban J connectivity index is 1.66. The molecular formula is C19H22F2N2O4S. The second kappa shape index (κ2) is 8.93. The number of sulfonamides is 1. The van der Waals surface area contributed by atoms with Crippen LogP contribution in [0.5, 0.6) is 5.75 Å². The van der Waals surface area contributed by atoms with Gasteiger partial charge >= 0.3 is 0 Å². The summed E-state index contributed by atoms with van der Waals surface area (Å²) < 4.78 is 64.9. The molecule has 1 aromatic carbocycles. The normalized spacial score (nSPS) is 20.1. The maximum absolute atomic E-state index is 14.4. The van der Waals surface area contributed by atoms with E-state index in [1.54, 1.807) is 13.0 Å². The molecule has 152 valence electrons. The molecule has 1 aromatic heterocycles. The van der Waals surface area contributed by atoms with Gasteiger partial charge < -0.3 is 9.47 Å². The van der Waals surface area contributed by atoms with E-state index >= 15 is 0 Å². The standard InChI is InChI=1S/C19H22F2N2O4S/c1-2-28(24,25)23-18-7-8-26-11-13(18)12-27-15-4-5-16(17(21)9-15)19-6-3-14(20)10-22-19/h3-6,9-10,13,18,23H,2,7-8,11-12H2,1H3. The molecule has 2 atom stereocenters. The van der Waals surface area contributed by atoms with Crippen molar-refractivity contribution in [1.82, 2.24) is 9.71 Å². The van der Waals surface area contributed by atoms with Crippen LogP contribution >= 0.6 is 0 Å². The highest BCUT2D eigenvalue weighted by Gasteiger charge is 2.29. The minimum atomic E-state index is -3.34. The molecule has 0 saturated carbocycles. The molecule has 1 fully saturated rings. The zero-order chi connectivity index (χ0) is 20.1. The number of hydrogen-bond acceptors (Lipinski definition) is 5. The lowest BCUT2D eigenvalue weighted by molar-refractivity contribution is 0.0186. The maximum atomic E-state index is 14.4. The van der Waals surface area contributed by atoms with E-state index in [2.05, 4.69) is 9.71 Å². The number of nitrogens with zero attached hydrogens (tertiary/aromatic N) is 1. The van der Waals surface area contributed by atoms with Gasteiger partial charge in [-0.1, -0.05) is 0 Å². The number of aromatic nitrogens is 1. The van der Waals surface area contributed by atoms with Crippen molar-refractivity contribution in [2.24, 2.45) is 5.92 Å².